The lowest BCUT2D eigenvalue weighted by Crippen LogP contribution is -2.34. The molecule has 0 radical (unpaired) electrons. The number of hydrogen-bond acceptors (Lipinski definition) is 4. The lowest BCUT2D eigenvalue weighted by Gasteiger charge is -2.32. The van der Waals surface area contributed by atoms with Crippen LogP contribution in [-0.2, 0) is 16.7 Å². The van der Waals surface area contributed by atoms with Crippen LogP contribution in [0.15, 0.2) is 12.1 Å². The van der Waals surface area contributed by atoms with Crippen molar-refractivity contribution in [1.29, 1.82) is 5.26 Å². The highest BCUT2D eigenvalue weighted by Gasteiger charge is 2.36. The third kappa shape index (κ3) is 2.94. The Kier molecular flexibility index (Phi) is 4.18. The summed E-state index contributed by atoms with van der Waals surface area (Å²) < 4.78 is 5.41. The van der Waals surface area contributed by atoms with E-state index in [0.29, 0.717) is 13.2 Å². The van der Waals surface area contributed by atoms with Gasteiger partial charge in [-0.3, -0.25) is 4.98 Å². The van der Waals surface area contributed by atoms with Crippen LogP contribution < -0.4 is 0 Å². The fraction of sp³-hybridized carbons (Fsp3) is 0.600. The van der Waals surface area contributed by atoms with Crippen LogP contribution in [0.4, 0.5) is 0 Å². The minimum atomic E-state index is -0.426. The first-order valence-electron chi connectivity index (χ1n) is 6.68. The molecule has 1 aromatic rings. The van der Waals surface area contributed by atoms with E-state index in [9.17, 15) is 5.26 Å². The first kappa shape index (κ1) is 14.0. The van der Waals surface area contributed by atoms with Gasteiger partial charge in [0.25, 0.3) is 0 Å². The summed E-state index contributed by atoms with van der Waals surface area (Å²) in [5, 5.41) is 9.68. The van der Waals surface area contributed by atoms with Crippen molar-refractivity contribution in [2.24, 2.45) is 0 Å². The summed E-state index contributed by atoms with van der Waals surface area (Å²) in [6, 6.07) is 6.61. The number of rotatable bonds is 3. The molecule has 2 heterocycles. The Morgan fingerprint density at radius 2 is 2.05 bits per heavy atom. The molecule has 0 saturated carbocycles. The zero-order valence-electron chi connectivity index (χ0n) is 11.9. The molecule has 0 unspecified atom stereocenters. The molecule has 1 aromatic heterocycles. The zero-order valence-corrected chi connectivity index (χ0v) is 11.9. The van der Waals surface area contributed by atoms with Gasteiger partial charge in [-0.2, -0.15) is 5.26 Å². The number of ether oxygens (including phenoxy) is 1. The molecule has 0 bridgehead atoms. The van der Waals surface area contributed by atoms with E-state index >= 15 is 0 Å². The number of nitrogens with zero attached hydrogens (tertiary/aromatic N) is 3. The standard InChI is InChI=1S/C15H21N3O/c1-12-4-5-13(14(17-12)10-18(2)3)15(11-16)6-8-19-9-7-15/h4-5H,6-10H2,1-3H3. The van der Waals surface area contributed by atoms with Gasteiger partial charge in [-0.15, -0.1) is 0 Å². The van der Waals surface area contributed by atoms with E-state index < -0.39 is 5.41 Å². The van der Waals surface area contributed by atoms with Crippen molar-refractivity contribution in [2.75, 3.05) is 27.3 Å². The molecule has 1 saturated heterocycles. The normalized spacial score (nSPS) is 18.3. The van der Waals surface area contributed by atoms with Crippen LogP contribution in [0.1, 0.15) is 29.8 Å². The lowest BCUT2D eigenvalue weighted by molar-refractivity contribution is 0.0670. The van der Waals surface area contributed by atoms with Gasteiger partial charge in [-0.05, 0) is 45.5 Å². The fourth-order valence-corrected chi connectivity index (χ4v) is 2.63. The number of hydrogen-bond donors (Lipinski definition) is 0. The van der Waals surface area contributed by atoms with E-state index in [1.807, 2.05) is 27.1 Å². The lowest BCUT2D eigenvalue weighted by atomic mass is 9.74. The quantitative estimate of drug-likeness (QED) is 0.833. The van der Waals surface area contributed by atoms with Crippen molar-refractivity contribution in [3.05, 3.63) is 29.1 Å². The summed E-state index contributed by atoms with van der Waals surface area (Å²) in [6.45, 7) is 4.07. The first-order valence-corrected chi connectivity index (χ1v) is 6.68. The number of aromatic nitrogens is 1. The molecule has 0 N–H and O–H groups in total. The first-order chi connectivity index (χ1) is 9.07. The van der Waals surface area contributed by atoms with Crippen LogP contribution in [0.25, 0.3) is 0 Å². The van der Waals surface area contributed by atoms with Gasteiger partial charge in [0.2, 0.25) is 0 Å². The third-order valence-electron chi connectivity index (χ3n) is 3.66. The van der Waals surface area contributed by atoms with Gasteiger partial charge >= 0.3 is 0 Å². The molecule has 0 aliphatic carbocycles. The average molecular weight is 259 g/mol. The summed E-state index contributed by atoms with van der Waals surface area (Å²) in [7, 11) is 4.05. The van der Waals surface area contributed by atoms with Crippen molar-refractivity contribution in [2.45, 2.75) is 31.7 Å². The average Bonchev–Trinajstić information content (AvgIpc) is 2.39. The molecule has 0 aromatic carbocycles. The van der Waals surface area contributed by atoms with Crippen molar-refractivity contribution in [3.8, 4) is 6.07 Å². The minimum absolute atomic E-state index is 0.426. The Morgan fingerprint density at radius 3 is 2.63 bits per heavy atom. The monoisotopic (exact) mass is 259 g/mol. The van der Waals surface area contributed by atoms with Crippen LogP contribution >= 0.6 is 0 Å². The van der Waals surface area contributed by atoms with Gasteiger partial charge in [-0.25, -0.2) is 0 Å². The summed E-state index contributed by atoms with van der Waals surface area (Å²) in [4.78, 5) is 6.74. The highest BCUT2D eigenvalue weighted by Crippen LogP contribution is 2.36. The maximum absolute atomic E-state index is 9.68. The van der Waals surface area contributed by atoms with Crippen LogP contribution in [0, 0.1) is 18.3 Å². The molecular formula is C15H21N3O. The minimum Gasteiger partial charge on any atom is -0.381 e. The van der Waals surface area contributed by atoms with E-state index in [4.69, 9.17) is 4.74 Å². The molecule has 1 aliphatic heterocycles. The van der Waals surface area contributed by atoms with Gasteiger partial charge < -0.3 is 9.64 Å². The van der Waals surface area contributed by atoms with Crippen LogP contribution in [0.5, 0.6) is 0 Å². The van der Waals surface area contributed by atoms with Gasteiger partial charge in [-0.1, -0.05) is 6.07 Å². The van der Waals surface area contributed by atoms with Gasteiger partial charge in [0.05, 0.1) is 17.2 Å². The predicted octanol–water partition coefficient (Wildman–Crippen LogP) is 2.02. The third-order valence-corrected chi connectivity index (χ3v) is 3.66. The topological polar surface area (TPSA) is 49.1 Å². The molecule has 0 atom stereocenters. The van der Waals surface area contributed by atoms with Gasteiger partial charge in [0, 0.05) is 25.5 Å². The Morgan fingerprint density at radius 1 is 1.37 bits per heavy atom. The highest BCUT2D eigenvalue weighted by atomic mass is 16.5. The predicted molar refractivity (Wildman–Crippen MR) is 73.7 cm³/mol. The molecule has 2 rings (SSSR count). The molecule has 19 heavy (non-hydrogen) atoms. The van der Waals surface area contributed by atoms with Gasteiger partial charge in [0.1, 0.15) is 0 Å². The van der Waals surface area contributed by atoms with E-state index in [-0.39, 0.29) is 0 Å². The Hall–Kier alpha value is -1.44. The number of pyridine rings is 1. The van der Waals surface area contributed by atoms with E-state index in [1.54, 1.807) is 0 Å². The molecule has 0 amide bonds. The second-order valence-corrected chi connectivity index (χ2v) is 5.49. The fourth-order valence-electron chi connectivity index (χ4n) is 2.63. The second kappa shape index (κ2) is 5.68. The van der Waals surface area contributed by atoms with Crippen molar-refractivity contribution in [3.63, 3.8) is 0 Å². The molecule has 102 valence electrons. The summed E-state index contributed by atoms with van der Waals surface area (Å²) in [5.41, 5.74) is 2.68. The number of nitriles is 1. The van der Waals surface area contributed by atoms with Crippen molar-refractivity contribution in [1.82, 2.24) is 9.88 Å². The van der Waals surface area contributed by atoms with Crippen LogP contribution in [-0.4, -0.2) is 37.2 Å². The Labute approximate surface area is 115 Å². The Bertz CT molecular complexity index is 485. The summed E-state index contributed by atoms with van der Waals surface area (Å²) in [6.07, 6.45) is 1.52. The summed E-state index contributed by atoms with van der Waals surface area (Å²) in [5.74, 6) is 0. The zero-order chi connectivity index (χ0) is 13.9. The maximum Gasteiger partial charge on any atom is 0.0884 e. The van der Waals surface area contributed by atoms with Crippen molar-refractivity contribution >= 4 is 0 Å². The molecule has 1 aliphatic rings. The molecule has 1 fully saturated rings. The van der Waals surface area contributed by atoms with E-state index in [0.717, 1.165) is 36.3 Å². The van der Waals surface area contributed by atoms with Crippen LogP contribution in [0.2, 0.25) is 0 Å². The highest BCUT2D eigenvalue weighted by molar-refractivity contribution is 5.37. The van der Waals surface area contributed by atoms with Crippen molar-refractivity contribution < 1.29 is 4.74 Å². The molecule has 0 spiro atoms. The molecule has 4 heteroatoms. The van der Waals surface area contributed by atoms with E-state index in [1.165, 1.54) is 0 Å². The van der Waals surface area contributed by atoms with Crippen LogP contribution in [0.3, 0.4) is 0 Å². The SMILES string of the molecule is Cc1ccc(C2(C#N)CCOCC2)c(CN(C)C)n1. The molecule has 4 nitrogen and oxygen atoms in total. The maximum atomic E-state index is 9.68. The second-order valence-electron chi connectivity index (χ2n) is 5.49. The summed E-state index contributed by atoms with van der Waals surface area (Å²) >= 11 is 0. The molecular weight excluding hydrogens is 238 g/mol. The Balaban J connectivity index is 2.44. The van der Waals surface area contributed by atoms with Gasteiger partial charge in [0.15, 0.2) is 0 Å². The largest absolute Gasteiger partial charge is 0.381 e. The number of aryl methyl sites for hydroxylation is 1. The smallest absolute Gasteiger partial charge is 0.0884 e. The van der Waals surface area contributed by atoms with E-state index in [2.05, 4.69) is 22.0 Å².